The molecule has 2 aliphatic heterocycles. The van der Waals surface area contributed by atoms with Gasteiger partial charge in [0, 0.05) is 17.0 Å². The van der Waals surface area contributed by atoms with Crippen molar-refractivity contribution in [1.29, 1.82) is 5.26 Å². The van der Waals surface area contributed by atoms with Gasteiger partial charge in [-0.2, -0.15) is 5.26 Å². The van der Waals surface area contributed by atoms with Crippen LogP contribution in [-0.2, 0) is 27.3 Å². The number of aryl methyl sites for hydroxylation is 1. The molecule has 36 heavy (non-hydrogen) atoms. The average Bonchev–Trinajstić information content (AvgIpc) is 3.54. The van der Waals surface area contributed by atoms with Crippen LogP contribution in [-0.4, -0.2) is 22.8 Å². The van der Waals surface area contributed by atoms with Crippen LogP contribution in [0.2, 0.25) is 0 Å². The zero-order valence-corrected chi connectivity index (χ0v) is 19.8. The van der Waals surface area contributed by atoms with E-state index < -0.39 is 34.8 Å². The van der Waals surface area contributed by atoms with E-state index in [2.05, 4.69) is 6.07 Å². The van der Waals surface area contributed by atoms with Crippen LogP contribution in [0, 0.1) is 27.4 Å². The van der Waals surface area contributed by atoms with Crippen molar-refractivity contribution >= 4 is 39.5 Å². The van der Waals surface area contributed by atoms with Crippen molar-refractivity contribution in [1.82, 2.24) is 0 Å². The highest BCUT2D eigenvalue weighted by molar-refractivity contribution is 7.17. The highest BCUT2D eigenvalue weighted by Crippen LogP contribution is 2.50. The quantitative estimate of drug-likeness (QED) is 0.295. The number of nitrogens with zero attached hydrogens (tertiary/aromatic N) is 4. The first-order chi connectivity index (χ1) is 17.5. The van der Waals surface area contributed by atoms with Crippen LogP contribution in [0.4, 0.5) is 16.4 Å². The second-order valence-corrected chi connectivity index (χ2v) is 10.1. The molecule has 0 radical (unpaired) electrons. The Balaban J connectivity index is 1.43. The number of non-ortho nitro benzene ring substituents is 1. The molecule has 3 atom stereocenters. The number of thiophene rings is 1. The van der Waals surface area contributed by atoms with Gasteiger partial charge in [0.15, 0.2) is 6.10 Å². The van der Waals surface area contributed by atoms with E-state index in [1.807, 2.05) is 30.3 Å². The monoisotopic (exact) mass is 500 g/mol. The Morgan fingerprint density at radius 3 is 2.44 bits per heavy atom. The topological polar surface area (TPSA) is 117 Å². The number of para-hydroxylation sites is 1. The summed E-state index contributed by atoms with van der Waals surface area (Å²) in [5, 5.41) is 23.0. The van der Waals surface area contributed by atoms with Gasteiger partial charge in [0.1, 0.15) is 17.0 Å². The summed E-state index contributed by atoms with van der Waals surface area (Å²) < 4.78 is 0. The van der Waals surface area contributed by atoms with Gasteiger partial charge in [-0.25, -0.2) is 9.96 Å². The smallest absolute Gasteiger partial charge is 0.269 e. The van der Waals surface area contributed by atoms with Crippen LogP contribution in [0.5, 0.6) is 0 Å². The summed E-state index contributed by atoms with van der Waals surface area (Å²) in [4.78, 5) is 46.6. The molecule has 1 aliphatic carbocycles. The van der Waals surface area contributed by atoms with Crippen molar-refractivity contribution in [2.24, 2.45) is 5.92 Å². The standard InChI is InChI=1S/C26H20N4O5S/c27-14-19-18-8-4-5-9-20(18)36-26(19)28-24(31)21-22(15-10-12-17(13-11-15)30(33)34)29(35-23(21)25(28)32)16-6-2-1-3-7-16/h1-3,6-7,10-13,21-23H,4-5,8-9H2/t21-,22-,23-/m0/s1. The number of hydrogen-bond donors (Lipinski definition) is 0. The minimum Gasteiger partial charge on any atom is -0.273 e. The summed E-state index contributed by atoms with van der Waals surface area (Å²) >= 11 is 1.35. The Labute approximate surface area is 210 Å². The maximum Gasteiger partial charge on any atom is 0.269 e. The molecule has 2 aromatic carbocycles. The molecule has 180 valence electrons. The molecule has 6 rings (SSSR count). The number of imide groups is 1. The molecule has 3 heterocycles. The van der Waals surface area contributed by atoms with Gasteiger partial charge < -0.3 is 0 Å². The third-order valence-electron chi connectivity index (χ3n) is 7.04. The van der Waals surface area contributed by atoms with Crippen LogP contribution >= 0.6 is 11.3 Å². The van der Waals surface area contributed by atoms with Crippen LogP contribution in [0.1, 0.15) is 40.5 Å². The summed E-state index contributed by atoms with van der Waals surface area (Å²) in [7, 11) is 0. The summed E-state index contributed by atoms with van der Waals surface area (Å²) in [5.74, 6) is -1.79. The van der Waals surface area contributed by atoms with Crippen LogP contribution < -0.4 is 9.96 Å². The molecule has 9 nitrogen and oxygen atoms in total. The van der Waals surface area contributed by atoms with Gasteiger partial charge in [-0.05, 0) is 48.9 Å². The molecule has 0 unspecified atom stereocenters. The predicted molar refractivity (Wildman–Crippen MR) is 131 cm³/mol. The van der Waals surface area contributed by atoms with Gasteiger partial charge in [0.2, 0.25) is 5.91 Å². The first-order valence-corrected chi connectivity index (χ1v) is 12.5. The minimum absolute atomic E-state index is 0.0706. The maximum absolute atomic E-state index is 13.9. The van der Waals surface area contributed by atoms with E-state index in [0.29, 0.717) is 21.8 Å². The van der Waals surface area contributed by atoms with E-state index >= 15 is 0 Å². The number of rotatable bonds is 4. The average molecular weight is 501 g/mol. The first kappa shape index (κ1) is 22.4. The van der Waals surface area contributed by atoms with Crippen molar-refractivity contribution in [2.45, 2.75) is 37.8 Å². The van der Waals surface area contributed by atoms with E-state index in [1.165, 1.54) is 23.5 Å². The Bertz CT molecular complexity index is 1430. The number of anilines is 2. The normalized spacial score (nSPS) is 22.9. The lowest BCUT2D eigenvalue weighted by molar-refractivity contribution is -0.384. The molecular weight excluding hydrogens is 480 g/mol. The molecule has 10 heteroatoms. The number of hydroxylamine groups is 1. The summed E-state index contributed by atoms with van der Waals surface area (Å²) in [6.45, 7) is 0. The zero-order valence-electron chi connectivity index (χ0n) is 19.0. The van der Waals surface area contributed by atoms with Gasteiger partial charge in [0.05, 0.1) is 22.2 Å². The van der Waals surface area contributed by atoms with Crippen LogP contribution in [0.15, 0.2) is 54.6 Å². The molecule has 3 aliphatic rings. The molecule has 2 amide bonds. The molecule has 0 saturated carbocycles. The Hall–Kier alpha value is -4.07. The number of carbonyl (C=O) groups is 2. The number of nitriles is 1. The summed E-state index contributed by atoms with van der Waals surface area (Å²) in [5.41, 5.74) is 2.56. The van der Waals surface area contributed by atoms with E-state index in [-0.39, 0.29) is 5.69 Å². The Kier molecular flexibility index (Phi) is 5.32. The molecule has 2 fully saturated rings. The number of nitro groups is 1. The molecule has 3 aromatic rings. The highest BCUT2D eigenvalue weighted by atomic mass is 32.1. The first-order valence-electron chi connectivity index (χ1n) is 11.7. The number of hydrogen-bond acceptors (Lipinski definition) is 8. The molecule has 0 N–H and O–H groups in total. The molecular formula is C26H20N4O5S. The van der Waals surface area contributed by atoms with E-state index in [4.69, 9.17) is 4.84 Å². The van der Waals surface area contributed by atoms with Gasteiger partial charge in [-0.3, -0.25) is 24.5 Å². The highest BCUT2D eigenvalue weighted by Gasteiger charge is 2.61. The van der Waals surface area contributed by atoms with Gasteiger partial charge in [0.25, 0.3) is 11.6 Å². The number of nitro benzene ring substituents is 1. The van der Waals surface area contributed by atoms with E-state index in [0.717, 1.165) is 41.0 Å². The van der Waals surface area contributed by atoms with Gasteiger partial charge in [-0.1, -0.05) is 30.3 Å². The number of amides is 2. The second-order valence-electron chi connectivity index (χ2n) is 9.02. The lowest BCUT2D eigenvalue weighted by Gasteiger charge is -2.28. The van der Waals surface area contributed by atoms with Gasteiger partial charge in [-0.15, -0.1) is 11.3 Å². The second kappa shape index (κ2) is 8.55. The van der Waals surface area contributed by atoms with Crippen molar-refractivity contribution < 1.29 is 19.3 Å². The zero-order chi connectivity index (χ0) is 25.0. The fourth-order valence-electron chi connectivity index (χ4n) is 5.37. The SMILES string of the molecule is N#Cc1c(N2C(=O)[C@@H]3[C@H](ON(c4ccccc4)[C@H]3c3ccc([N+](=O)[O-])cc3)C2=O)sc2c1CCCC2. The van der Waals surface area contributed by atoms with Crippen molar-refractivity contribution in [3.63, 3.8) is 0 Å². The fourth-order valence-corrected chi connectivity index (χ4v) is 6.72. The number of carbonyl (C=O) groups excluding carboxylic acids is 2. The third-order valence-corrected chi connectivity index (χ3v) is 8.32. The van der Waals surface area contributed by atoms with Gasteiger partial charge >= 0.3 is 0 Å². The molecule has 0 bridgehead atoms. The molecule has 2 saturated heterocycles. The van der Waals surface area contributed by atoms with E-state index in [1.54, 1.807) is 17.2 Å². The molecule has 1 aromatic heterocycles. The predicted octanol–water partition coefficient (Wildman–Crippen LogP) is 4.46. The lowest BCUT2D eigenvalue weighted by atomic mass is 9.90. The third kappa shape index (κ3) is 3.31. The Morgan fingerprint density at radius 1 is 1.03 bits per heavy atom. The van der Waals surface area contributed by atoms with Crippen LogP contribution in [0.3, 0.4) is 0 Å². The fraction of sp³-hybridized carbons (Fsp3) is 0.269. The molecule has 0 spiro atoms. The maximum atomic E-state index is 13.9. The summed E-state index contributed by atoms with van der Waals surface area (Å²) in [6.07, 6.45) is 2.52. The van der Waals surface area contributed by atoms with Crippen molar-refractivity contribution in [2.75, 3.05) is 9.96 Å². The van der Waals surface area contributed by atoms with Crippen molar-refractivity contribution in [3.05, 3.63) is 86.3 Å². The number of benzene rings is 2. The lowest BCUT2D eigenvalue weighted by Crippen LogP contribution is -2.37. The van der Waals surface area contributed by atoms with Crippen molar-refractivity contribution in [3.8, 4) is 6.07 Å². The largest absolute Gasteiger partial charge is 0.273 e. The number of fused-ring (bicyclic) bond motifs is 2. The minimum atomic E-state index is -1.07. The summed E-state index contributed by atoms with van der Waals surface area (Å²) in [6, 6.07) is 16.6. The van der Waals surface area contributed by atoms with E-state index in [9.17, 15) is 25.0 Å². The van der Waals surface area contributed by atoms with Crippen LogP contribution in [0.25, 0.3) is 0 Å². The Morgan fingerprint density at radius 2 is 1.75 bits per heavy atom.